The topological polar surface area (TPSA) is 53.4 Å². The van der Waals surface area contributed by atoms with E-state index in [1.54, 1.807) is 13.0 Å². The van der Waals surface area contributed by atoms with E-state index in [1.807, 2.05) is 0 Å². The van der Waals surface area contributed by atoms with Gasteiger partial charge in [-0.05, 0) is 54.9 Å². The summed E-state index contributed by atoms with van der Waals surface area (Å²) in [6, 6.07) is 4.10. The summed E-state index contributed by atoms with van der Waals surface area (Å²) in [6.45, 7) is 12.2. The number of benzene rings is 1. The van der Waals surface area contributed by atoms with Crippen LogP contribution in [0.15, 0.2) is 18.2 Å². The molecule has 27 heavy (non-hydrogen) atoms. The number of phenols is 1. The van der Waals surface area contributed by atoms with Crippen LogP contribution >= 0.6 is 0 Å². The molecule has 1 atom stereocenters. The monoisotopic (exact) mass is 373 g/mol. The Morgan fingerprint density at radius 1 is 1.04 bits per heavy atom. The highest BCUT2D eigenvalue weighted by atomic mass is 19.1. The van der Waals surface area contributed by atoms with Crippen LogP contribution in [-0.4, -0.2) is 15.2 Å². The molecule has 1 aromatic carbocycles. The molecule has 1 aromatic heterocycles. The van der Waals surface area contributed by atoms with Crippen LogP contribution in [0.1, 0.15) is 94.8 Å². The lowest BCUT2D eigenvalue weighted by Crippen LogP contribution is -2.14. The first-order chi connectivity index (χ1) is 12.7. The van der Waals surface area contributed by atoms with Crippen LogP contribution in [0.4, 0.5) is 4.39 Å². The van der Waals surface area contributed by atoms with E-state index in [1.165, 1.54) is 6.07 Å². The number of aliphatic hydroxyl groups excluding tert-OH is 1. The maximum Gasteiger partial charge on any atom is 0.126 e. The van der Waals surface area contributed by atoms with E-state index >= 15 is 0 Å². The van der Waals surface area contributed by atoms with Crippen LogP contribution in [0.3, 0.4) is 0 Å². The standard InChI is InChI=1S/C23H32FNO2/c1-7-8-9-18-21(17-11-10-16(24)12-19(17)27)20(15(6)26)23(14(4)5)25-22(18)13(2)3/h10-15,26-27H,7-9H2,1-6H3/t15-/m1/s1. The Morgan fingerprint density at radius 2 is 1.67 bits per heavy atom. The minimum atomic E-state index is -0.740. The molecule has 2 rings (SSSR count). The number of hydrogen-bond donors (Lipinski definition) is 2. The molecule has 0 aliphatic carbocycles. The van der Waals surface area contributed by atoms with Crippen LogP contribution in [0.25, 0.3) is 11.1 Å². The molecule has 0 amide bonds. The Kier molecular flexibility index (Phi) is 6.99. The highest BCUT2D eigenvalue weighted by Gasteiger charge is 2.27. The average Bonchev–Trinajstić information content (AvgIpc) is 2.58. The van der Waals surface area contributed by atoms with Crippen molar-refractivity contribution in [3.63, 3.8) is 0 Å². The molecule has 4 heteroatoms. The summed E-state index contributed by atoms with van der Waals surface area (Å²) in [5.74, 6) is -0.259. The van der Waals surface area contributed by atoms with Gasteiger partial charge in [-0.1, -0.05) is 41.0 Å². The van der Waals surface area contributed by atoms with Gasteiger partial charge in [-0.25, -0.2) is 4.39 Å². The van der Waals surface area contributed by atoms with Crippen molar-refractivity contribution in [3.8, 4) is 16.9 Å². The van der Waals surface area contributed by atoms with E-state index in [0.717, 1.165) is 53.4 Å². The Labute approximate surface area is 162 Å². The highest BCUT2D eigenvalue weighted by Crippen LogP contribution is 2.43. The van der Waals surface area contributed by atoms with Crippen LogP contribution in [0.2, 0.25) is 0 Å². The molecule has 0 radical (unpaired) electrons. The molecular formula is C23H32FNO2. The molecule has 0 saturated heterocycles. The third-order valence-electron chi connectivity index (χ3n) is 4.92. The van der Waals surface area contributed by atoms with E-state index in [9.17, 15) is 14.6 Å². The van der Waals surface area contributed by atoms with Crippen LogP contribution in [-0.2, 0) is 6.42 Å². The van der Waals surface area contributed by atoms with Gasteiger partial charge in [-0.2, -0.15) is 0 Å². The summed E-state index contributed by atoms with van der Waals surface area (Å²) in [4.78, 5) is 4.96. The quantitative estimate of drug-likeness (QED) is 0.604. The SMILES string of the molecule is CCCCc1c(C(C)C)nc(C(C)C)c([C@@H](C)O)c1-c1ccc(F)cc1O. The van der Waals surface area contributed by atoms with Gasteiger partial charge in [0.05, 0.1) is 6.10 Å². The van der Waals surface area contributed by atoms with Crippen molar-refractivity contribution in [2.45, 2.75) is 78.7 Å². The van der Waals surface area contributed by atoms with Crippen LogP contribution in [0, 0.1) is 5.82 Å². The Bertz CT molecular complexity index is 797. The number of hydrogen-bond acceptors (Lipinski definition) is 3. The van der Waals surface area contributed by atoms with Gasteiger partial charge in [0, 0.05) is 28.6 Å². The lowest BCUT2D eigenvalue weighted by atomic mass is 9.83. The lowest BCUT2D eigenvalue weighted by molar-refractivity contribution is 0.197. The summed E-state index contributed by atoms with van der Waals surface area (Å²) < 4.78 is 13.6. The van der Waals surface area contributed by atoms with Gasteiger partial charge >= 0.3 is 0 Å². The van der Waals surface area contributed by atoms with Crippen LogP contribution < -0.4 is 0 Å². The first kappa shape index (κ1) is 21.4. The molecule has 0 bridgehead atoms. The number of halogens is 1. The molecule has 148 valence electrons. The van der Waals surface area contributed by atoms with Crippen molar-refractivity contribution >= 4 is 0 Å². The van der Waals surface area contributed by atoms with Gasteiger partial charge in [0.2, 0.25) is 0 Å². The molecule has 0 unspecified atom stereocenters. The van der Waals surface area contributed by atoms with Crippen molar-refractivity contribution in [2.24, 2.45) is 0 Å². The summed E-state index contributed by atoms with van der Waals surface area (Å²) in [7, 11) is 0. The van der Waals surface area contributed by atoms with Crippen molar-refractivity contribution in [1.29, 1.82) is 0 Å². The second-order valence-corrected chi connectivity index (χ2v) is 7.90. The fourth-order valence-electron chi connectivity index (χ4n) is 3.65. The van der Waals surface area contributed by atoms with Gasteiger partial charge in [0.15, 0.2) is 0 Å². The molecule has 0 aliphatic heterocycles. The van der Waals surface area contributed by atoms with Gasteiger partial charge in [0.25, 0.3) is 0 Å². The number of unbranched alkanes of at least 4 members (excludes halogenated alkanes) is 1. The maximum absolute atomic E-state index is 13.6. The lowest BCUT2D eigenvalue weighted by Gasteiger charge is -2.26. The fraction of sp³-hybridized carbons (Fsp3) is 0.522. The normalized spacial score (nSPS) is 12.8. The summed E-state index contributed by atoms with van der Waals surface area (Å²) in [5.41, 5.74) is 5.00. The number of aromatic hydroxyl groups is 1. The smallest absolute Gasteiger partial charge is 0.126 e. The molecule has 0 aliphatic rings. The number of nitrogens with zero attached hydrogens (tertiary/aromatic N) is 1. The van der Waals surface area contributed by atoms with Gasteiger partial charge in [-0.15, -0.1) is 0 Å². The maximum atomic E-state index is 13.6. The zero-order chi connectivity index (χ0) is 20.3. The van der Waals surface area contributed by atoms with E-state index in [4.69, 9.17) is 4.98 Å². The molecule has 2 aromatic rings. The van der Waals surface area contributed by atoms with Crippen molar-refractivity contribution in [1.82, 2.24) is 4.98 Å². The highest BCUT2D eigenvalue weighted by molar-refractivity contribution is 5.78. The molecular weight excluding hydrogens is 341 g/mol. The third-order valence-corrected chi connectivity index (χ3v) is 4.92. The minimum Gasteiger partial charge on any atom is -0.507 e. The first-order valence-electron chi connectivity index (χ1n) is 9.92. The number of aromatic nitrogens is 1. The third kappa shape index (κ3) is 4.49. The number of phenolic OH excluding ortho intramolecular Hbond substituents is 1. The van der Waals surface area contributed by atoms with E-state index in [0.29, 0.717) is 5.56 Å². The number of pyridine rings is 1. The molecule has 0 saturated carbocycles. The summed E-state index contributed by atoms with van der Waals surface area (Å²) >= 11 is 0. The van der Waals surface area contributed by atoms with Crippen molar-refractivity contribution in [3.05, 3.63) is 46.5 Å². The van der Waals surface area contributed by atoms with Crippen molar-refractivity contribution < 1.29 is 14.6 Å². The zero-order valence-corrected chi connectivity index (χ0v) is 17.3. The molecule has 3 nitrogen and oxygen atoms in total. The second kappa shape index (κ2) is 8.83. The van der Waals surface area contributed by atoms with Gasteiger partial charge in [0.1, 0.15) is 11.6 Å². The molecule has 2 N–H and O–H groups in total. The predicted octanol–water partition coefficient (Wildman–Crippen LogP) is 6.24. The van der Waals surface area contributed by atoms with E-state index in [-0.39, 0.29) is 17.6 Å². The fourth-order valence-corrected chi connectivity index (χ4v) is 3.65. The Balaban J connectivity index is 2.97. The summed E-state index contributed by atoms with van der Waals surface area (Å²) in [6.07, 6.45) is 2.08. The largest absolute Gasteiger partial charge is 0.507 e. The van der Waals surface area contributed by atoms with E-state index in [2.05, 4.69) is 34.6 Å². The second-order valence-electron chi connectivity index (χ2n) is 7.90. The molecule has 1 heterocycles. The minimum absolute atomic E-state index is 0.106. The van der Waals surface area contributed by atoms with E-state index < -0.39 is 11.9 Å². The predicted molar refractivity (Wildman–Crippen MR) is 109 cm³/mol. The Hall–Kier alpha value is -1.94. The number of aliphatic hydroxyl groups is 1. The van der Waals surface area contributed by atoms with Gasteiger partial charge in [-0.3, -0.25) is 4.98 Å². The van der Waals surface area contributed by atoms with Crippen LogP contribution in [0.5, 0.6) is 5.75 Å². The molecule has 0 spiro atoms. The van der Waals surface area contributed by atoms with Crippen molar-refractivity contribution in [2.75, 3.05) is 0 Å². The molecule has 0 fully saturated rings. The summed E-state index contributed by atoms with van der Waals surface area (Å²) in [5, 5.41) is 21.1. The number of rotatable bonds is 7. The van der Waals surface area contributed by atoms with Gasteiger partial charge < -0.3 is 10.2 Å². The zero-order valence-electron chi connectivity index (χ0n) is 17.3. The average molecular weight is 374 g/mol. The first-order valence-corrected chi connectivity index (χ1v) is 9.92. The Morgan fingerprint density at radius 3 is 2.15 bits per heavy atom.